The second-order valence-corrected chi connectivity index (χ2v) is 4.04. The molecule has 0 amide bonds. The van der Waals surface area contributed by atoms with Crippen molar-refractivity contribution in [1.82, 2.24) is 0 Å². The molecule has 76 valence electrons. The molecule has 2 unspecified atom stereocenters. The van der Waals surface area contributed by atoms with Gasteiger partial charge in [-0.2, -0.15) is 0 Å². The molecule has 2 heterocycles. The lowest BCUT2D eigenvalue weighted by Gasteiger charge is -2.07. The Balaban J connectivity index is 1.87. The van der Waals surface area contributed by atoms with E-state index in [-0.39, 0.29) is 6.61 Å². The van der Waals surface area contributed by atoms with Crippen LogP contribution < -0.4 is 0 Å². The van der Waals surface area contributed by atoms with E-state index in [9.17, 15) is 4.79 Å². The fourth-order valence-electron chi connectivity index (χ4n) is 1.29. The zero-order chi connectivity index (χ0) is 9.97. The quantitative estimate of drug-likeness (QED) is 0.819. The summed E-state index contributed by atoms with van der Waals surface area (Å²) >= 11 is 1.61. The molecule has 0 radical (unpaired) electrons. The number of carboxylic acid groups (broad SMARTS) is 1. The van der Waals surface area contributed by atoms with Crippen LogP contribution in [0.3, 0.4) is 0 Å². The van der Waals surface area contributed by atoms with Crippen molar-refractivity contribution >= 4 is 17.3 Å². The summed E-state index contributed by atoms with van der Waals surface area (Å²) in [5.74, 6) is -0.960. The van der Waals surface area contributed by atoms with Gasteiger partial charge in [0.15, 0.2) is 12.4 Å². The molecule has 5 heteroatoms. The maximum Gasteiger partial charge on any atom is 0.335 e. The van der Waals surface area contributed by atoms with Crippen molar-refractivity contribution in [1.29, 1.82) is 0 Å². The lowest BCUT2D eigenvalue weighted by Crippen LogP contribution is -2.23. The molecule has 4 nitrogen and oxygen atoms in total. The highest BCUT2D eigenvalue weighted by molar-refractivity contribution is 7.09. The van der Waals surface area contributed by atoms with E-state index in [1.807, 2.05) is 17.5 Å². The van der Waals surface area contributed by atoms with Gasteiger partial charge >= 0.3 is 5.97 Å². The third-order valence-electron chi connectivity index (χ3n) is 1.97. The second-order valence-electron chi connectivity index (χ2n) is 3.01. The molecule has 0 bridgehead atoms. The van der Waals surface area contributed by atoms with Gasteiger partial charge in [-0.15, -0.1) is 11.3 Å². The molecule has 1 fully saturated rings. The van der Waals surface area contributed by atoms with Gasteiger partial charge in [-0.25, -0.2) is 4.79 Å². The number of ether oxygens (including phenoxy) is 2. The van der Waals surface area contributed by atoms with Crippen LogP contribution in [0.15, 0.2) is 17.5 Å². The molecule has 0 aromatic carbocycles. The lowest BCUT2D eigenvalue weighted by atomic mass is 10.3. The minimum Gasteiger partial charge on any atom is -0.479 e. The summed E-state index contributed by atoms with van der Waals surface area (Å²) in [7, 11) is 0. The summed E-state index contributed by atoms with van der Waals surface area (Å²) in [5, 5.41) is 10.6. The van der Waals surface area contributed by atoms with Crippen LogP contribution in [0.1, 0.15) is 4.88 Å². The van der Waals surface area contributed by atoms with E-state index in [1.54, 1.807) is 11.3 Å². The number of hydrogen-bond donors (Lipinski definition) is 1. The smallest absolute Gasteiger partial charge is 0.335 e. The van der Waals surface area contributed by atoms with Crippen molar-refractivity contribution in [3.63, 3.8) is 0 Å². The van der Waals surface area contributed by atoms with E-state index in [4.69, 9.17) is 14.6 Å². The van der Waals surface area contributed by atoms with Crippen molar-refractivity contribution in [2.24, 2.45) is 0 Å². The number of aliphatic carboxylic acids is 1. The largest absolute Gasteiger partial charge is 0.479 e. The first kappa shape index (κ1) is 9.64. The molecule has 2 atom stereocenters. The van der Waals surface area contributed by atoms with Crippen LogP contribution in [0, 0.1) is 0 Å². The Morgan fingerprint density at radius 1 is 1.71 bits per heavy atom. The summed E-state index contributed by atoms with van der Waals surface area (Å²) in [4.78, 5) is 11.7. The van der Waals surface area contributed by atoms with E-state index in [1.165, 1.54) is 0 Å². The van der Waals surface area contributed by atoms with E-state index in [0.29, 0.717) is 6.42 Å². The van der Waals surface area contributed by atoms with Crippen molar-refractivity contribution < 1.29 is 19.4 Å². The molecule has 14 heavy (non-hydrogen) atoms. The molecular weight excluding hydrogens is 204 g/mol. The predicted molar refractivity (Wildman–Crippen MR) is 50.3 cm³/mol. The molecule has 0 aliphatic carbocycles. The standard InChI is InChI=1S/C9H10O4S/c10-9(11)7-5-12-8(13-7)4-6-2-1-3-14-6/h1-3,7-8H,4-5H2,(H,10,11). The van der Waals surface area contributed by atoms with Crippen LogP contribution in [0.5, 0.6) is 0 Å². The first-order valence-electron chi connectivity index (χ1n) is 4.28. The Bertz CT molecular complexity index is 309. The Morgan fingerprint density at radius 3 is 3.14 bits per heavy atom. The van der Waals surface area contributed by atoms with E-state index in [2.05, 4.69) is 0 Å². The van der Waals surface area contributed by atoms with Gasteiger partial charge in [0.1, 0.15) is 0 Å². The van der Waals surface area contributed by atoms with Crippen LogP contribution in [-0.2, 0) is 20.7 Å². The van der Waals surface area contributed by atoms with Gasteiger partial charge in [-0.1, -0.05) is 6.07 Å². The molecule has 0 spiro atoms. The maximum atomic E-state index is 10.5. The number of carbonyl (C=O) groups is 1. The third kappa shape index (κ3) is 2.12. The van der Waals surface area contributed by atoms with Crippen LogP contribution in [0.2, 0.25) is 0 Å². The van der Waals surface area contributed by atoms with Crippen LogP contribution in [0.4, 0.5) is 0 Å². The zero-order valence-corrected chi connectivity index (χ0v) is 8.20. The van der Waals surface area contributed by atoms with Gasteiger partial charge in [-0.3, -0.25) is 0 Å². The normalized spacial score (nSPS) is 26.6. The summed E-state index contributed by atoms with van der Waals surface area (Å²) in [6.07, 6.45) is -0.587. The third-order valence-corrected chi connectivity index (χ3v) is 2.87. The van der Waals surface area contributed by atoms with Gasteiger partial charge in [0.05, 0.1) is 6.61 Å². The minimum absolute atomic E-state index is 0.144. The van der Waals surface area contributed by atoms with Crippen LogP contribution in [0.25, 0.3) is 0 Å². The number of rotatable bonds is 3. The average molecular weight is 214 g/mol. The molecule has 0 saturated carbocycles. The van der Waals surface area contributed by atoms with Gasteiger partial charge in [0, 0.05) is 11.3 Å². The second kappa shape index (κ2) is 4.08. The highest BCUT2D eigenvalue weighted by atomic mass is 32.1. The lowest BCUT2D eigenvalue weighted by molar-refractivity contribution is -0.150. The van der Waals surface area contributed by atoms with E-state index in [0.717, 1.165) is 4.88 Å². The zero-order valence-electron chi connectivity index (χ0n) is 7.38. The molecule has 1 N–H and O–H groups in total. The number of hydrogen-bond acceptors (Lipinski definition) is 4. The average Bonchev–Trinajstić information content (AvgIpc) is 2.75. The molecular formula is C9H10O4S. The molecule has 1 aromatic rings. The van der Waals surface area contributed by atoms with Gasteiger partial charge in [0.2, 0.25) is 0 Å². The molecule has 1 aliphatic heterocycles. The molecule has 2 rings (SSSR count). The Kier molecular flexibility index (Phi) is 2.81. The minimum atomic E-state index is -0.960. The van der Waals surface area contributed by atoms with Crippen molar-refractivity contribution in [2.75, 3.05) is 6.61 Å². The Morgan fingerprint density at radius 2 is 2.57 bits per heavy atom. The van der Waals surface area contributed by atoms with Crippen molar-refractivity contribution in [2.45, 2.75) is 18.8 Å². The van der Waals surface area contributed by atoms with E-state index >= 15 is 0 Å². The van der Waals surface area contributed by atoms with Crippen LogP contribution in [-0.4, -0.2) is 30.1 Å². The Hall–Kier alpha value is -0.910. The fourth-order valence-corrected chi connectivity index (χ4v) is 2.01. The maximum absolute atomic E-state index is 10.5. The fraction of sp³-hybridized carbons (Fsp3) is 0.444. The summed E-state index contributed by atoms with van der Waals surface area (Å²) in [5.41, 5.74) is 0. The summed E-state index contributed by atoms with van der Waals surface area (Å²) in [6, 6.07) is 3.93. The van der Waals surface area contributed by atoms with Gasteiger partial charge < -0.3 is 14.6 Å². The van der Waals surface area contributed by atoms with E-state index < -0.39 is 18.4 Å². The molecule has 1 aromatic heterocycles. The summed E-state index contributed by atoms with van der Waals surface area (Å²) in [6.45, 7) is 0.144. The SMILES string of the molecule is O=C(O)C1COC(Cc2cccs2)O1. The summed E-state index contributed by atoms with van der Waals surface area (Å²) < 4.78 is 10.4. The molecule has 1 saturated heterocycles. The van der Waals surface area contributed by atoms with Crippen molar-refractivity contribution in [3.8, 4) is 0 Å². The number of thiophene rings is 1. The van der Waals surface area contributed by atoms with Crippen LogP contribution >= 0.6 is 11.3 Å². The van der Waals surface area contributed by atoms with Gasteiger partial charge in [0.25, 0.3) is 0 Å². The first-order chi connectivity index (χ1) is 6.75. The van der Waals surface area contributed by atoms with Crippen molar-refractivity contribution in [3.05, 3.63) is 22.4 Å². The molecule has 1 aliphatic rings. The Labute approximate surface area is 85.1 Å². The first-order valence-corrected chi connectivity index (χ1v) is 5.16. The predicted octanol–water partition coefficient (Wildman–Crippen LogP) is 1.12. The van der Waals surface area contributed by atoms with Gasteiger partial charge in [-0.05, 0) is 11.4 Å². The number of carboxylic acids is 1. The highest BCUT2D eigenvalue weighted by Gasteiger charge is 2.31. The topological polar surface area (TPSA) is 55.8 Å². The highest BCUT2D eigenvalue weighted by Crippen LogP contribution is 2.19. The monoisotopic (exact) mass is 214 g/mol.